The smallest absolute Gasteiger partial charge is 0.151 e. The van der Waals surface area contributed by atoms with Crippen LogP contribution in [0, 0.1) is 25.5 Å². The molecule has 1 aromatic heterocycles. The van der Waals surface area contributed by atoms with Crippen molar-refractivity contribution in [3.63, 3.8) is 0 Å². The van der Waals surface area contributed by atoms with Gasteiger partial charge in [-0.15, -0.1) is 0 Å². The molecule has 0 saturated carbocycles. The Hall–Kier alpha value is -1.83. The highest BCUT2D eigenvalue weighted by atomic mass is 19.1. The van der Waals surface area contributed by atoms with Gasteiger partial charge in [-0.3, -0.25) is 4.90 Å². The van der Waals surface area contributed by atoms with Gasteiger partial charge in [0.25, 0.3) is 0 Å². The van der Waals surface area contributed by atoms with E-state index in [4.69, 9.17) is 4.74 Å². The first-order chi connectivity index (χ1) is 13.3. The second-order valence-electron chi connectivity index (χ2n) is 7.70. The molecule has 1 N–H and O–H groups in total. The van der Waals surface area contributed by atoms with Crippen LogP contribution in [0.3, 0.4) is 0 Å². The van der Waals surface area contributed by atoms with Crippen molar-refractivity contribution in [2.75, 3.05) is 26.2 Å². The quantitative estimate of drug-likeness (QED) is 0.734. The Morgan fingerprint density at radius 2 is 1.89 bits per heavy atom. The molecule has 3 rings (SSSR count). The van der Waals surface area contributed by atoms with Crippen LogP contribution in [0.15, 0.2) is 18.2 Å². The van der Waals surface area contributed by atoms with Crippen LogP contribution >= 0.6 is 0 Å². The zero-order valence-corrected chi connectivity index (χ0v) is 17.1. The minimum atomic E-state index is -0.612. The fraction of sp³-hybridized carbons (Fsp3) is 0.571. The number of ether oxygens (including phenoxy) is 1. The lowest BCUT2D eigenvalue weighted by molar-refractivity contribution is -0.0680. The van der Waals surface area contributed by atoms with Crippen molar-refractivity contribution in [2.45, 2.75) is 52.9 Å². The van der Waals surface area contributed by atoms with E-state index in [2.05, 4.69) is 29.2 Å². The lowest BCUT2D eigenvalue weighted by Crippen LogP contribution is -2.46. The summed E-state index contributed by atoms with van der Waals surface area (Å²) in [6.45, 7) is 12.7. The van der Waals surface area contributed by atoms with Gasteiger partial charge < -0.3 is 10.1 Å². The Bertz CT molecular complexity index is 798. The molecule has 0 aliphatic carbocycles. The predicted molar refractivity (Wildman–Crippen MR) is 106 cm³/mol. The summed E-state index contributed by atoms with van der Waals surface area (Å²) >= 11 is 0. The van der Waals surface area contributed by atoms with Gasteiger partial charge in [-0.1, -0.05) is 0 Å². The molecule has 0 radical (unpaired) electrons. The lowest BCUT2D eigenvalue weighted by Gasteiger charge is -2.35. The van der Waals surface area contributed by atoms with Crippen molar-refractivity contribution < 1.29 is 13.5 Å². The Labute approximate surface area is 165 Å². The third kappa shape index (κ3) is 4.96. The molecule has 2 heterocycles. The summed E-state index contributed by atoms with van der Waals surface area (Å²) in [5.74, 6) is -1.20. The second-order valence-corrected chi connectivity index (χ2v) is 7.70. The lowest BCUT2D eigenvalue weighted by atomic mass is 10.2. The zero-order chi connectivity index (χ0) is 20.3. The summed E-state index contributed by atoms with van der Waals surface area (Å²) in [6.07, 6.45) is 1.64. The SMILES string of the molecule is Cc1nn(-c2ccc(F)cc2F)c(C)c1CNCCCN1CC(C)OC(C)C1. The van der Waals surface area contributed by atoms with Gasteiger partial charge in [0.05, 0.1) is 17.9 Å². The van der Waals surface area contributed by atoms with E-state index in [0.717, 1.165) is 55.6 Å². The van der Waals surface area contributed by atoms with Crippen molar-refractivity contribution in [3.8, 4) is 5.69 Å². The molecule has 0 spiro atoms. The van der Waals surface area contributed by atoms with Crippen LogP contribution < -0.4 is 5.32 Å². The topological polar surface area (TPSA) is 42.3 Å². The van der Waals surface area contributed by atoms with E-state index in [-0.39, 0.29) is 5.69 Å². The molecule has 2 atom stereocenters. The van der Waals surface area contributed by atoms with Gasteiger partial charge in [-0.05, 0) is 59.3 Å². The number of morpholine rings is 1. The van der Waals surface area contributed by atoms with E-state index >= 15 is 0 Å². The highest BCUT2D eigenvalue weighted by Crippen LogP contribution is 2.20. The van der Waals surface area contributed by atoms with Crippen molar-refractivity contribution in [1.82, 2.24) is 20.0 Å². The van der Waals surface area contributed by atoms with Gasteiger partial charge in [0.2, 0.25) is 0 Å². The highest BCUT2D eigenvalue weighted by molar-refractivity contribution is 5.38. The first-order valence-electron chi connectivity index (χ1n) is 9.94. The van der Waals surface area contributed by atoms with Crippen molar-refractivity contribution >= 4 is 0 Å². The molecule has 1 fully saturated rings. The molecule has 0 bridgehead atoms. The Kier molecular flexibility index (Phi) is 6.80. The normalized spacial score (nSPS) is 20.6. The molecular formula is C21H30F2N4O. The Morgan fingerprint density at radius 3 is 2.57 bits per heavy atom. The summed E-state index contributed by atoms with van der Waals surface area (Å²) in [5, 5.41) is 7.92. The summed E-state index contributed by atoms with van der Waals surface area (Å²) in [7, 11) is 0. The first-order valence-corrected chi connectivity index (χ1v) is 9.94. The molecular weight excluding hydrogens is 362 g/mol. The van der Waals surface area contributed by atoms with Gasteiger partial charge in [-0.25, -0.2) is 13.5 Å². The number of halogens is 2. The van der Waals surface area contributed by atoms with Crippen LogP contribution in [-0.4, -0.2) is 53.1 Å². The zero-order valence-electron chi connectivity index (χ0n) is 17.1. The van der Waals surface area contributed by atoms with Crippen molar-refractivity contribution in [1.29, 1.82) is 0 Å². The van der Waals surface area contributed by atoms with E-state index in [1.807, 2.05) is 13.8 Å². The third-order valence-corrected chi connectivity index (χ3v) is 5.20. The maximum atomic E-state index is 14.1. The number of hydrogen-bond donors (Lipinski definition) is 1. The summed E-state index contributed by atoms with van der Waals surface area (Å²) in [4.78, 5) is 2.45. The molecule has 5 nitrogen and oxygen atoms in total. The number of nitrogens with zero attached hydrogens (tertiary/aromatic N) is 3. The number of aromatic nitrogens is 2. The minimum absolute atomic E-state index is 0.267. The standard InChI is InChI=1S/C21H30F2N4O/c1-14-12-26(13-15(2)28-14)9-5-8-24-11-19-16(3)25-27(17(19)4)21-7-6-18(22)10-20(21)23/h6-7,10,14-15,24H,5,8-9,11-13H2,1-4H3. The summed E-state index contributed by atoms with van der Waals surface area (Å²) in [6, 6.07) is 3.56. The number of benzene rings is 1. The summed E-state index contributed by atoms with van der Waals surface area (Å²) in [5.41, 5.74) is 3.04. The Morgan fingerprint density at radius 1 is 1.18 bits per heavy atom. The van der Waals surface area contributed by atoms with Crippen LogP contribution in [0.1, 0.15) is 37.2 Å². The highest BCUT2D eigenvalue weighted by Gasteiger charge is 2.21. The van der Waals surface area contributed by atoms with Crippen LogP contribution in [0.5, 0.6) is 0 Å². The van der Waals surface area contributed by atoms with Gasteiger partial charge in [-0.2, -0.15) is 5.10 Å². The Balaban J connectivity index is 1.53. The van der Waals surface area contributed by atoms with Crippen LogP contribution in [0.4, 0.5) is 8.78 Å². The molecule has 154 valence electrons. The molecule has 1 aliphatic heterocycles. The van der Waals surface area contributed by atoms with Crippen LogP contribution in [0.25, 0.3) is 5.69 Å². The molecule has 1 saturated heterocycles. The van der Waals surface area contributed by atoms with Gasteiger partial charge in [0, 0.05) is 37.0 Å². The van der Waals surface area contributed by atoms with Gasteiger partial charge in [0.15, 0.2) is 5.82 Å². The molecule has 1 aliphatic rings. The minimum Gasteiger partial charge on any atom is -0.373 e. The van der Waals surface area contributed by atoms with Gasteiger partial charge >= 0.3 is 0 Å². The molecule has 2 aromatic rings. The van der Waals surface area contributed by atoms with E-state index < -0.39 is 11.6 Å². The molecule has 28 heavy (non-hydrogen) atoms. The van der Waals surface area contributed by atoms with Crippen LogP contribution in [0.2, 0.25) is 0 Å². The number of rotatable bonds is 7. The van der Waals surface area contributed by atoms with Gasteiger partial charge in [0.1, 0.15) is 11.5 Å². The fourth-order valence-corrected chi connectivity index (χ4v) is 3.93. The van der Waals surface area contributed by atoms with Crippen molar-refractivity contribution in [3.05, 3.63) is 46.8 Å². The first kappa shape index (κ1) is 20.9. The maximum Gasteiger partial charge on any atom is 0.151 e. The molecule has 2 unspecified atom stereocenters. The second kappa shape index (κ2) is 9.11. The van der Waals surface area contributed by atoms with Crippen molar-refractivity contribution in [2.24, 2.45) is 0 Å². The maximum absolute atomic E-state index is 14.1. The van der Waals surface area contributed by atoms with E-state index in [9.17, 15) is 8.78 Å². The fourth-order valence-electron chi connectivity index (χ4n) is 3.93. The summed E-state index contributed by atoms with van der Waals surface area (Å²) < 4.78 is 34.6. The predicted octanol–water partition coefficient (Wildman–Crippen LogP) is 3.36. The van der Waals surface area contributed by atoms with Crippen LogP contribution in [-0.2, 0) is 11.3 Å². The average molecular weight is 392 g/mol. The number of hydrogen-bond acceptors (Lipinski definition) is 4. The molecule has 0 amide bonds. The number of aryl methyl sites for hydroxylation is 1. The number of nitrogens with one attached hydrogen (secondary N) is 1. The molecule has 1 aromatic carbocycles. The molecule has 7 heteroatoms. The van der Waals surface area contributed by atoms with E-state index in [1.165, 1.54) is 12.1 Å². The third-order valence-electron chi connectivity index (χ3n) is 5.20. The monoisotopic (exact) mass is 392 g/mol. The van der Waals surface area contributed by atoms with E-state index in [0.29, 0.717) is 18.8 Å². The average Bonchev–Trinajstić information content (AvgIpc) is 2.88. The van der Waals surface area contributed by atoms with E-state index in [1.54, 1.807) is 4.68 Å². The largest absolute Gasteiger partial charge is 0.373 e.